The van der Waals surface area contributed by atoms with E-state index in [1.54, 1.807) is 0 Å². The van der Waals surface area contributed by atoms with E-state index in [2.05, 4.69) is 50.4 Å². The summed E-state index contributed by atoms with van der Waals surface area (Å²) in [5.74, 6) is 0.597. The second-order valence-electron chi connectivity index (χ2n) is 4.91. The Morgan fingerprint density at radius 3 is 2.29 bits per heavy atom. The summed E-state index contributed by atoms with van der Waals surface area (Å²) in [6.07, 6.45) is 2.14. The fourth-order valence-corrected chi connectivity index (χ4v) is 2.06. The van der Waals surface area contributed by atoms with E-state index >= 15 is 0 Å². The van der Waals surface area contributed by atoms with Crippen molar-refractivity contribution < 1.29 is 0 Å². The van der Waals surface area contributed by atoms with Crippen LogP contribution in [0.3, 0.4) is 0 Å². The van der Waals surface area contributed by atoms with Gasteiger partial charge in [0.1, 0.15) is 0 Å². The number of nitrogens with two attached hydrogens (primary N) is 1. The van der Waals surface area contributed by atoms with Crippen molar-refractivity contribution >= 4 is 0 Å². The van der Waals surface area contributed by atoms with Crippen LogP contribution in [0.2, 0.25) is 0 Å². The number of hydrogen-bond acceptors (Lipinski definition) is 2. The molecule has 96 valence electrons. The summed E-state index contributed by atoms with van der Waals surface area (Å²) in [7, 11) is 0. The highest BCUT2D eigenvalue weighted by molar-refractivity contribution is 5.25. The Morgan fingerprint density at radius 1 is 1.18 bits per heavy atom. The number of nitrogens with one attached hydrogen (secondary N) is 1. The van der Waals surface area contributed by atoms with Crippen LogP contribution >= 0.6 is 0 Å². The summed E-state index contributed by atoms with van der Waals surface area (Å²) in [4.78, 5) is 0. The minimum atomic E-state index is 0.437. The van der Waals surface area contributed by atoms with E-state index in [-0.39, 0.29) is 0 Å². The second kappa shape index (κ2) is 7.46. The standard InChI is InChI=1S/C15H26N2/c1-4-13-6-8-14(9-7-13)15(12(2)3)17-11-5-10-16/h6-9,12,15,17H,4-5,10-11,16H2,1-3H3. The van der Waals surface area contributed by atoms with Gasteiger partial charge in [0.15, 0.2) is 0 Å². The molecular weight excluding hydrogens is 208 g/mol. The van der Waals surface area contributed by atoms with E-state index in [1.807, 2.05) is 0 Å². The third-order valence-electron chi connectivity index (χ3n) is 3.16. The van der Waals surface area contributed by atoms with Gasteiger partial charge in [0.25, 0.3) is 0 Å². The first-order valence-electron chi connectivity index (χ1n) is 6.71. The van der Waals surface area contributed by atoms with Gasteiger partial charge < -0.3 is 11.1 Å². The predicted molar refractivity (Wildman–Crippen MR) is 75.1 cm³/mol. The molecule has 0 fully saturated rings. The highest BCUT2D eigenvalue weighted by Crippen LogP contribution is 2.22. The maximum atomic E-state index is 5.53. The molecule has 0 bridgehead atoms. The molecule has 0 aromatic heterocycles. The molecule has 1 aromatic carbocycles. The van der Waals surface area contributed by atoms with Gasteiger partial charge in [-0.1, -0.05) is 45.0 Å². The molecule has 0 saturated carbocycles. The van der Waals surface area contributed by atoms with Gasteiger partial charge in [-0.05, 0) is 43.0 Å². The lowest BCUT2D eigenvalue weighted by molar-refractivity contribution is 0.410. The maximum Gasteiger partial charge on any atom is 0.0343 e. The summed E-state index contributed by atoms with van der Waals surface area (Å²) in [6.45, 7) is 8.46. The van der Waals surface area contributed by atoms with E-state index in [0.29, 0.717) is 12.0 Å². The molecule has 3 N–H and O–H groups in total. The Balaban J connectivity index is 2.68. The quantitative estimate of drug-likeness (QED) is 0.712. The average Bonchev–Trinajstić information content (AvgIpc) is 2.34. The van der Waals surface area contributed by atoms with Gasteiger partial charge >= 0.3 is 0 Å². The maximum absolute atomic E-state index is 5.53. The molecule has 0 aliphatic rings. The molecule has 0 spiro atoms. The normalized spacial score (nSPS) is 13.0. The molecule has 0 aliphatic carbocycles. The fourth-order valence-electron chi connectivity index (χ4n) is 2.06. The lowest BCUT2D eigenvalue weighted by Crippen LogP contribution is -2.27. The highest BCUT2D eigenvalue weighted by atomic mass is 14.9. The third-order valence-corrected chi connectivity index (χ3v) is 3.16. The lowest BCUT2D eigenvalue weighted by atomic mass is 9.95. The van der Waals surface area contributed by atoms with E-state index in [0.717, 1.165) is 25.9 Å². The third kappa shape index (κ3) is 4.49. The number of benzene rings is 1. The van der Waals surface area contributed by atoms with Gasteiger partial charge in [0.2, 0.25) is 0 Å². The van der Waals surface area contributed by atoms with Crippen LogP contribution in [0.5, 0.6) is 0 Å². The average molecular weight is 234 g/mol. The topological polar surface area (TPSA) is 38.0 Å². The van der Waals surface area contributed by atoms with Gasteiger partial charge in [-0.25, -0.2) is 0 Å². The minimum absolute atomic E-state index is 0.437. The van der Waals surface area contributed by atoms with Crippen LogP contribution < -0.4 is 11.1 Å². The van der Waals surface area contributed by atoms with E-state index in [4.69, 9.17) is 5.73 Å². The van der Waals surface area contributed by atoms with Crippen molar-refractivity contribution in [2.45, 2.75) is 39.7 Å². The molecule has 1 aromatic rings. The Kier molecular flexibility index (Phi) is 6.23. The second-order valence-corrected chi connectivity index (χ2v) is 4.91. The van der Waals surface area contributed by atoms with Crippen LogP contribution in [0, 0.1) is 5.92 Å². The van der Waals surface area contributed by atoms with Crippen molar-refractivity contribution in [1.29, 1.82) is 0 Å². The summed E-state index contributed by atoms with van der Waals surface area (Å²) < 4.78 is 0. The smallest absolute Gasteiger partial charge is 0.0343 e. The molecule has 2 nitrogen and oxygen atoms in total. The molecule has 0 aliphatic heterocycles. The van der Waals surface area contributed by atoms with Gasteiger partial charge in [-0.2, -0.15) is 0 Å². The summed E-state index contributed by atoms with van der Waals surface area (Å²) in [6, 6.07) is 9.40. The van der Waals surface area contributed by atoms with Crippen molar-refractivity contribution in [3.63, 3.8) is 0 Å². The van der Waals surface area contributed by atoms with Crippen molar-refractivity contribution in [3.05, 3.63) is 35.4 Å². The van der Waals surface area contributed by atoms with Crippen molar-refractivity contribution in [3.8, 4) is 0 Å². The fraction of sp³-hybridized carbons (Fsp3) is 0.600. The molecule has 2 heteroatoms. The first-order chi connectivity index (χ1) is 8.19. The summed E-state index contributed by atoms with van der Waals surface area (Å²) >= 11 is 0. The molecule has 0 radical (unpaired) electrons. The molecule has 0 heterocycles. The van der Waals surface area contributed by atoms with Crippen molar-refractivity contribution in [2.24, 2.45) is 11.7 Å². The van der Waals surface area contributed by atoms with Crippen molar-refractivity contribution in [2.75, 3.05) is 13.1 Å². The van der Waals surface area contributed by atoms with Gasteiger partial charge in [-0.15, -0.1) is 0 Å². The van der Waals surface area contributed by atoms with Gasteiger partial charge in [-0.3, -0.25) is 0 Å². The zero-order valence-corrected chi connectivity index (χ0v) is 11.4. The predicted octanol–water partition coefficient (Wildman–Crippen LogP) is 2.88. The Labute approximate surface area is 106 Å². The Bertz CT molecular complexity index is 303. The first kappa shape index (κ1) is 14.2. The number of hydrogen-bond donors (Lipinski definition) is 2. The van der Waals surface area contributed by atoms with Crippen LogP contribution in [0.4, 0.5) is 0 Å². The van der Waals surface area contributed by atoms with Crippen molar-refractivity contribution in [1.82, 2.24) is 5.32 Å². The van der Waals surface area contributed by atoms with Crippen LogP contribution in [-0.2, 0) is 6.42 Å². The van der Waals surface area contributed by atoms with Gasteiger partial charge in [0, 0.05) is 6.04 Å². The highest BCUT2D eigenvalue weighted by Gasteiger charge is 2.14. The monoisotopic (exact) mass is 234 g/mol. The molecule has 1 unspecified atom stereocenters. The van der Waals surface area contributed by atoms with Crippen LogP contribution in [0.15, 0.2) is 24.3 Å². The largest absolute Gasteiger partial charge is 0.330 e. The molecule has 17 heavy (non-hydrogen) atoms. The molecule has 0 amide bonds. The molecular formula is C15H26N2. The summed E-state index contributed by atoms with van der Waals surface area (Å²) in [5, 5.41) is 3.59. The number of aryl methyl sites for hydroxylation is 1. The van der Waals surface area contributed by atoms with E-state index in [9.17, 15) is 0 Å². The van der Waals surface area contributed by atoms with Crippen LogP contribution in [-0.4, -0.2) is 13.1 Å². The number of rotatable bonds is 7. The van der Waals surface area contributed by atoms with Crippen LogP contribution in [0.25, 0.3) is 0 Å². The molecule has 1 atom stereocenters. The SMILES string of the molecule is CCc1ccc(C(NCCCN)C(C)C)cc1. The Morgan fingerprint density at radius 2 is 1.82 bits per heavy atom. The van der Waals surface area contributed by atoms with Crippen LogP contribution in [0.1, 0.15) is 44.4 Å². The Hall–Kier alpha value is -0.860. The molecule has 1 rings (SSSR count). The van der Waals surface area contributed by atoms with E-state index in [1.165, 1.54) is 11.1 Å². The molecule has 0 saturated heterocycles. The first-order valence-corrected chi connectivity index (χ1v) is 6.71. The van der Waals surface area contributed by atoms with E-state index < -0.39 is 0 Å². The summed E-state index contributed by atoms with van der Waals surface area (Å²) in [5.41, 5.74) is 8.31. The minimum Gasteiger partial charge on any atom is -0.330 e. The lowest BCUT2D eigenvalue weighted by Gasteiger charge is -2.23. The zero-order chi connectivity index (χ0) is 12.7. The van der Waals surface area contributed by atoms with Gasteiger partial charge in [0.05, 0.1) is 0 Å². The zero-order valence-electron chi connectivity index (χ0n) is 11.4.